The van der Waals surface area contributed by atoms with Crippen molar-refractivity contribution in [3.63, 3.8) is 0 Å². The predicted octanol–water partition coefficient (Wildman–Crippen LogP) is 0.440. The summed E-state index contributed by atoms with van der Waals surface area (Å²) in [6.45, 7) is 3.55. The van der Waals surface area contributed by atoms with E-state index in [1.807, 2.05) is 6.92 Å². The minimum Gasteiger partial charge on any atom is -0.396 e. The third kappa shape index (κ3) is 5.21. The molecule has 0 aliphatic rings. The molecule has 1 unspecified atom stereocenters. The van der Waals surface area contributed by atoms with Gasteiger partial charge in [-0.2, -0.15) is 0 Å². The molecule has 0 aliphatic heterocycles. The average Bonchev–Trinajstić information content (AvgIpc) is 2.00. The number of aliphatic hydroxyl groups excluding tert-OH is 1. The fraction of sp³-hybridized carbons (Fsp3) is 1.00. The van der Waals surface area contributed by atoms with Crippen LogP contribution in [0.1, 0.15) is 20.3 Å². The standard InChI is InChI=1S/C7H16O3S/c1-3-11(9,10)5-4-7(2)6-8/h7-8H,3-6H2,1-2H3. The molecule has 0 aromatic carbocycles. The Hall–Kier alpha value is -0.0900. The quantitative estimate of drug-likeness (QED) is 0.668. The zero-order chi connectivity index (χ0) is 8.91. The van der Waals surface area contributed by atoms with Crippen LogP contribution in [0.5, 0.6) is 0 Å². The highest BCUT2D eigenvalue weighted by Gasteiger charge is 2.09. The van der Waals surface area contributed by atoms with E-state index >= 15 is 0 Å². The van der Waals surface area contributed by atoms with Crippen LogP contribution in [0.3, 0.4) is 0 Å². The van der Waals surface area contributed by atoms with Gasteiger partial charge in [0.15, 0.2) is 0 Å². The third-order valence-corrected chi connectivity index (χ3v) is 3.41. The van der Waals surface area contributed by atoms with Gasteiger partial charge >= 0.3 is 0 Å². The van der Waals surface area contributed by atoms with Gasteiger partial charge in [-0.3, -0.25) is 0 Å². The smallest absolute Gasteiger partial charge is 0.150 e. The number of aliphatic hydroxyl groups is 1. The number of hydrogen-bond donors (Lipinski definition) is 1. The lowest BCUT2D eigenvalue weighted by molar-refractivity contribution is 0.234. The molecule has 0 rings (SSSR count). The van der Waals surface area contributed by atoms with Crippen LogP contribution >= 0.6 is 0 Å². The van der Waals surface area contributed by atoms with E-state index < -0.39 is 9.84 Å². The normalized spacial score (nSPS) is 14.8. The van der Waals surface area contributed by atoms with E-state index in [1.165, 1.54) is 0 Å². The number of hydrogen-bond acceptors (Lipinski definition) is 3. The van der Waals surface area contributed by atoms with Crippen molar-refractivity contribution in [3.05, 3.63) is 0 Å². The zero-order valence-corrected chi connectivity index (χ0v) is 7.89. The van der Waals surface area contributed by atoms with Gasteiger partial charge in [0, 0.05) is 12.4 Å². The highest BCUT2D eigenvalue weighted by Crippen LogP contribution is 2.03. The van der Waals surface area contributed by atoms with Crippen LogP contribution in [0.4, 0.5) is 0 Å². The van der Waals surface area contributed by atoms with Crippen molar-refractivity contribution in [1.29, 1.82) is 0 Å². The molecule has 68 valence electrons. The Bertz CT molecular complexity index is 184. The van der Waals surface area contributed by atoms with Gasteiger partial charge in [-0.25, -0.2) is 8.42 Å². The fourth-order valence-corrected chi connectivity index (χ4v) is 1.67. The van der Waals surface area contributed by atoms with Gasteiger partial charge in [0.2, 0.25) is 0 Å². The van der Waals surface area contributed by atoms with E-state index in [2.05, 4.69) is 0 Å². The first-order chi connectivity index (χ1) is 5.02. The van der Waals surface area contributed by atoms with Crippen LogP contribution in [0.2, 0.25) is 0 Å². The number of sulfone groups is 1. The molecule has 0 saturated carbocycles. The van der Waals surface area contributed by atoms with Crippen molar-refractivity contribution in [2.24, 2.45) is 5.92 Å². The number of rotatable bonds is 5. The first kappa shape index (κ1) is 10.9. The monoisotopic (exact) mass is 180 g/mol. The van der Waals surface area contributed by atoms with E-state index in [4.69, 9.17) is 5.11 Å². The molecular weight excluding hydrogens is 164 g/mol. The first-order valence-corrected chi connectivity index (χ1v) is 5.65. The largest absolute Gasteiger partial charge is 0.396 e. The summed E-state index contributed by atoms with van der Waals surface area (Å²) in [5.41, 5.74) is 0. The molecule has 4 heteroatoms. The van der Waals surface area contributed by atoms with Gasteiger partial charge < -0.3 is 5.11 Å². The van der Waals surface area contributed by atoms with Crippen LogP contribution in [-0.2, 0) is 9.84 Å². The van der Waals surface area contributed by atoms with Crippen LogP contribution in [0.25, 0.3) is 0 Å². The summed E-state index contributed by atoms with van der Waals surface area (Å²) in [4.78, 5) is 0. The van der Waals surface area contributed by atoms with Crippen molar-refractivity contribution in [1.82, 2.24) is 0 Å². The topological polar surface area (TPSA) is 54.4 Å². The Morgan fingerprint density at radius 2 is 2.00 bits per heavy atom. The lowest BCUT2D eigenvalue weighted by atomic mass is 10.1. The molecule has 0 fully saturated rings. The maximum Gasteiger partial charge on any atom is 0.150 e. The van der Waals surface area contributed by atoms with Gasteiger partial charge in [0.1, 0.15) is 9.84 Å². The Labute approximate surface area is 68.3 Å². The van der Waals surface area contributed by atoms with Crippen molar-refractivity contribution in [2.45, 2.75) is 20.3 Å². The van der Waals surface area contributed by atoms with Crippen LogP contribution in [-0.4, -0.2) is 31.6 Å². The Kier molecular flexibility index (Phi) is 4.68. The minimum atomic E-state index is -2.84. The summed E-state index contributed by atoms with van der Waals surface area (Å²) >= 11 is 0. The molecule has 0 radical (unpaired) electrons. The minimum absolute atomic E-state index is 0.0687. The lowest BCUT2D eigenvalue weighted by Crippen LogP contribution is -2.13. The summed E-state index contributed by atoms with van der Waals surface area (Å²) in [5, 5.41) is 8.61. The molecule has 0 heterocycles. The van der Waals surface area contributed by atoms with Gasteiger partial charge in [0.25, 0.3) is 0 Å². The SMILES string of the molecule is CCS(=O)(=O)CCC(C)CO. The first-order valence-electron chi connectivity index (χ1n) is 3.83. The summed E-state index contributed by atoms with van der Waals surface area (Å²) in [6.07, 6.45) is 0.562. The molecule has 1 atom stereocenters. The summed E-state index contributed by atoms with van der Waals surface area (Å²) in [7, 11) is -2.84. The van der Waals surface area contributed by atoms with Crippen LogP contribution in [0.15, 0.2) is 0 Å². The molecule has 3 nitrogen and oxygen atoms in total. The van der Waals surface area contributed by atoms with E-state index in [1.54, 1.807) is 6.92 Å². The maximum absolute atomic E-state index is 10.9. The third-order valence-electron chi connectivity index (χ3n) is 1.67. The van der Waals surface area contributed by atoms with Crippen molar-refractivity contribution >= 4 is 9.84 Å². The molecule has 0 spiro atoms. The zero-order valence-electron chi connectivity index (χ0n) is 7.08. The summed E-state index contributed by atoms with van der Waals surface area (Å²) in [6, 6.07) is 0. The van der Waals surface area contributed by atoms with Gasteiger partial charge in [0.05, 0.1) is 5.75 Å². The molecule has 0 amide bonds. The van der Waals surface area contributed by atoms with E-state index in [-0.39, 0.29) is 24.0 Å². The van der Waals surface area contributed by atoms with Gasteiger partial charge in [-0.15, -0.1) is 0 Å². The van der Waals surface area contributed by atoms with Gasteiger partial charge in [-0.1, -0.05) is 13.8 Å². The molecule has 0 bridgehead atoms. The van der Waals surface area contributed by atoms with Crippen molar-refractivity contribution < 1.29 is 13.5 Å². The Morgan fingerprint density at radius 3 is 2.36 bits per heavy atom. The summed E-state index contributed by atoms with van der Waals surface area (Å²) in [5.74, 6) is 0.493. The Morgan fingerprint density at radius 1 is 1.45 bits per heavy atom. The van der Waals surface area contributed by atoms with Crippen LogP contribution < -0.4 is 0 Å². The highest BCUT2D eigenvalue weighted by atomic mass is 32.2. The average molecular weight is 180 g/mol. The van der Waals surface area contributed by atoms with E-state index in [9.17, 15) is 8.42 Å². The molecule has 0 aliphatic carbocycles. The molecule has 1 N–H and O–H groups in total. The highest BCUT2D eigenvalue weighted by molar-refractivity contribution is 7.91. The molecule has 0 aromatic heterocycles. The van der Waals surface area contributed by atoms with Gasteiger partial charge in [-0.05, 0) is 12.3 Å². The second kappa shape index (κ2) is 4.72. The molecule has 11 heavy (non-hydrogen) atoms. The Balaban J connectivity index is 3.71. The predicted molar refractivity (Wildman–Crippen MR) is 45.2 cm³/mol. The molecule has 0 aromatic rings. The summed E-state index contributed by atoms with van der Waals surface area (Å²) < 4.78 is 21.9. The second-order valence-electron chi connectivity index (χ2n) is 2.81. The molecular formula is C7H16O3S. The molecule has 0 saturated heterocycles. The maximum atomic E-state index is 10.9. The van der Waals surface area contributed by atoms with Crippen molar-refractivity contribution in [3.8, 4) is 0 Å². The van der Waals surface area contributed by atoms with E-state index in [0.29, 0.717) is 6.42 Å². The van der Waals surface area contributed by atoms with Crippen LogP contribution in [0, 0.1) is 5.92 Å². The lowest BCUT2D eigenvalue weighted by Gasteiger charge is -2.06. The van der Waals surface area contributed by atoms with E-state index in [0.717, 1.165) is 0 Å². The second-order valence-corrected chi connectivity index (χ2v) is 5.29. The fourth-order valence-electron chi connectivity index (χ4n) is 0.616. The van der Waals surface area contributed by atoms with Crippen molar-refractivity contribution in [2.75, 3.05) is 18.1 Å².